The van der Waals surface area contributed by atoms with Gasteiger partial charge in [0.2, 0.25) is 0 Å². The van der Waals surface area contributed by atoms with E-state index in [2.05, 4.69) is 47.2 Å². The first-order valence-electron chi connectivity index (χ1n) is 6.81. The Labute approximate surface area is 129 Å². The Hall–Kier alpha value is -0.0400. The van der Waals surface area contributed by atoms with Crippen LogP contribution >= 0.6 is 27.7 Å². The molecule has 1 heterocycles. The first-order valence-corrected chi connectivity index (χ1v) is 8.65. The highest BCUT2D eigenvalue weighted by Gasteiger charge is 2.17. The zero-order valence-electron chi connectivity index (χ0n) is 12.2. The monoisotopic (exact) mass is 348 g/mol. The van der Waals surface area contributed by atoms with Gasteiger partial charge in [0.1, 0.15) is 0 Å². The fourth-order valence-corrected chi connectivity index (χ4v) is 3.63. The van der Waals surface area contributed by atoms with Crippen molar-refractivity contribution in [1.29, 1.82) is 0 Å². The average molecular weight is 349 g/mol. The molecule has 0 amide bonds. The zero-order chi connectivity index (χ0) is 14.4. The van der Waals surface area contributed by atoms with Crippen molar-refractivity contribution in [1.82, 2.24) is 15.2 Å². The number of aryl methyl sites for hydroxylation is 2. The van der Waals surface area contributed by atoms with Gasteiger partial charge in [-0.2, -0.15) is 16.9 Å². The van der Waals surface area contributed by atoms with Gasteiger partial charge in [-0.1, -0.05) is 20.8 Å². The number of hydrazine groups is 1. The lowest BCUT2D eigenvalue weighted by Gasteiger charge is -2.18. The summed E-state index contributed by atoms with van der Waals surface area (Å²) in [5.41, 5.74) is 5.26. The third-order valence-electron chi connectivity index (χ3n) is 3.34. The zero-order valence-corrected chi connectivity index (χ0v) is 14.6. The van der Waals surface area contributed by atoms with Gasteiger partial charge in [0, 0.05) is 30.5 Å². The van der Waals surface area contributed by atoms with Crippen molar-refractivity contribution in [3.8, 4) is 0 Å². The van der Waals surface area contributed by atoms with Gasteiger partial charge in [-0.25, -0.2) is 0 Å². The topological polar surface area (TPSA) is 55.9 Å². The minimum absolute atomic E-state index is 0.274. The van der Waals surface area contributed by atoms with Crippen LogP contribution in [-0.2, 0) is 19.9 Å². The molecule has 0 aromatic carbocycles. The van der Waals surface area contributed by atoms with Crippen LogP contribution in [0.15, 0.2) is 4.47 Å². The minimum atomic E-state index is 0.274. The van der Waals surface area contributed by atoms with E-state index in [1.165, 1.54) is 12.1 Å². The third-order valence-corrected chi connectivity index (χ3v) is 5.75. The number of halogens is 1. The summed E-state index contributed by atoms with van der Waals surface area (Å²) in [5, 5.41) is 5.20. The summed E-state index contributed by atoms with van der Waals surface area (Å²) in [5.74, 6) is 6.70. The van der Waals surface area contributed by atoms with E-state index in [9.17, 15) is 0 Å². The van der Waals surface area contributed by atoms with E-state index in [1.807, 2.05) is 23.5 Å². The highest BCUT2D eigenvalue weighted by Crippen LogP contribution is 2.24. The average Bonchev–Trinajstić information content (AvgIpc) is 2.69. The number of nitrogens with one attached hydrogen (secondary N) is 1. The van der Waals surface area contributed by atoms with Gasteiger partial charge in [0.15, 0.2) is 0 Å². The van der Waals surface area contributed by atoms with Crippen LogP contribution in [0.4, 0.5) is 0 Å². The highest BCUT2D eigenvalue weighted by atomic mass is 79.9. The van der Waals surface area contributed by atoms with Crippen molar-refractivity contribution in [3.05, 3.63) is 15.9 Å². The number of nitrogens with zero attached hydrogens (tertiary/aromatic N) is 2. The molecule has 4 nitrogen and oxygen atoms in total. The molecule has 19 heavy (non-hydrogen) atoms. The predicted molar refractivity (Wildman–Crippen MR) is 87.3 cm³/mol. The van der Waals surface area contributed by atoms with Gasteiger partial charge in [-0.3, -0.25) is 16.0 Å². The molecule has 2 atom stereocenters. The lowest BCUT2D eigenvalue weighted by molar-refractivity contribution is 0.549. The Morgan fingerprint density at radius 3 is 2.63 bits per heavy atom. The number of rotatable bonds is 8. The molecule has 0 aliphatic carbocycles. The fraction of sp³-hybridized carbons (Fsp3) is 0.769. The second-order valence-electron chi connectivity index (χ2n) is 4.80. The Morgan fingerprint density at radius 2 is 2.16 bits per heavy atom. The summed E-state index contributed by atoms with van der Waals surface area (Å²) in [4.78, 5) is 0. The molecular weight excluding hydrogens is 324 g/mol. The van der Waals surface area contributed by atoms with E-state index in [0.29, 0.717) is 5.25 Å². The lowest BCUT2D eigenvalue weighted by Crippen LogP contribution is -2.39. The van der Waals surface area contributed by atoms with Crippen molar-refractivity contribution in [2.75, 3.05) is 5.75 Å². The molecule has 0 aliphatic rings. The van der Waals surface area contributed by atoms with Gasteiger partial charge in [0.25, 0.3) is 0 Å². The molecule has 0 spiro atoms. The van der Waals surface area contributed by atoms with E-state index in [-0.39, 0.29) is 6.04 Å². The Balaban J connectivity index is 2.67. The van der Waals surface area contributed by atoms with Crippen molar-refractivity contribution in [2.45, 2.75) is 51.3 Å². The van der Waals surface area contributed by atoms with Gasteiger partial charge in [-0.15, -0.1) is 0 Å². The predicted octanol–water partition coefficient (Wildman–Crippen LogP) is 2.65. The van der Waals surface area contributed by atoms with E-state index >= 15 is 0 Å². The van der Waals surface area contributed by atoms with E-state index in [1.54, 1.807) is 0 Å². The Bertz CT molecular complexity index is 394. The van der Waals surface area contributed by atoms with E-state index in [0.717, 1.165) is 28.8 Å². The molecule has 0 saturated carbocycles. The molecule has 0 radical (unpaired) electrons. The number of hydrogen-bond acceptors (Lipinski definition) is 4. The standard InChI is InChI=1S/C13H25BrN4S/c1-5-9(3)19-8-10(16-15)7-12-13(14)11(6-2)17-18(12)4/h9-10,16H,5-8,15H2,1-4H3. The van der Waals surface area contributed by atoms with Crippen LogP contribution in [-0.4, -0.2) is 26.8 Å². The molecule has 1 rings (SSSR count). The number of aromatic nitrogens is 2. The first-order chi connectivity index (χ1) is 9.03. The van der Waals surface area contributed by atoms with Gasteiger partial charge >= 0.3 is 0 Å². The van der Waals surface area contributed by atoms with Crippen LogP contribution < -0.4 is 11.3 Å². The first kappa shape index (κ1) is 17.0. The van der Waals surface area contributed by atoms with Crippen molar-refractivity contribution < 1.29 is 0 Å². The quantitative estimate of drug-likeness (QED) is 0.560. The maximum absolute atomic E-state index is 5.68. The largest absolute Gasteiger partial charge is 0.271 e. The van der Waals surface area contributed by atoms with Gasteiger partial charge < -0.3 is 0 Å². The fourth-order valence-electron chi connectivity index (χ4n) is 1.84. The minimum Gasteiger partial charge on any atom is -0.271 e. The molecule has 6 heteroatoms. The van der Waals surface area contributed by atoms with Crippen molar-refractivity contribution >= 4 is 27.7 Å². The summed E-state index contributed by atoms with van der Waals surface area (Å²) in [7, 11) is 1.99. The molecule has 0 aliphatic heterocycles. The molecule has 1 aromatic heterocycles. The molecule has 3 N–H and O–H groups in total. The van der Waals surface area contributed by atoms with Crippen LogP contribution in [0.3, 0.4) is 0 Å². The Morgan fingerprint density at radius 1 is 1.47 bits per heavy atom. The molecule has 0 fully saturated rings. The molecule has 0 saturated heterocycles. The van der Waals surface area contributed by atoms with Crippen LogP contribution in [0.1, 0.15) is 38.6 Å². The molecule has 2 unspecified atom stereocenters. The smallest absolute Gasteiger partial charge is 0.0766 e. The van der Waals surface area contributed by atoms with E-state index in [4.69, 9.17) is 5.84 Å². The number of nitrogens with two attached hydrogens (primary N) is 1. The number of hydrogen-bond donors (Lipinski definition) is 2. The molecular formula is C13H25BrN4S. The second kappa shape index (κ2) is 8.29. The summed E-state index contributed by atoms with van der Waals surface area (Å²) >= 11 is 5.62. The van der Waals surface area contributed by atoms with Crippen LogP contribution in [0, 0.1) is 0 Å². The maximum atomic E-state index is 5.68. The van der Waals surface area contributed by atoms with Gasteiger partial charge in [-0.05, 0) is 28.8 Å². The third kappa shape index (κ3) is 4.77. The van der Waals surface area contributed by atoms with E-state index < -0.39 is 0 Å². The lowest BCUT2D eigenvalue weighted by atomic mass is 10.1. The number of thioether (sulfide) groups is 1. The maximum Gasteiger partial charge on any atom is 0.0766 e. The molecule has 110 valence electrons. The van der Waals surface area contributed by atoms with Gasteiger partial charge in [0.05, 0.1) is 15.9 Å². The normalized spacial score (nSPS) is 14.6. The van der Waals surface area contributed by atoms with Crippen molar-refractivity contribution in [2.24, 2.45) is 12.9 Å². The summed E-state index contributed by atoms with van der Waals surface area (Å²) in [6, 6.07) is 0.274. The van der Waals surface area contributed by atoms with Crippen LogP contribution in [0.25, 0.3) is 0 Å². The highest BCUT2D eigenvalue weighted by molar-refractivity contribution is 9.10. The molecule has 1 aromatic rings. The van der Waals surface area contributed by atoms with Crippen LogP contribution in [0.5, 0.6) is 0 Å². The van der Waals surface area contributed by atoms with Crippen molar-refractivity contribution in [3.63, 3.8) is 0 Å². The molecule has 0 bridgehead atoms. The summed E-state index contributed by atoms with van der Waals surface area (Å²) < 4.78 is 3.09. The summed E-state index contributed by atoms with van der Waals surface area (Å²) in [6.45, 7) is 6.59. The van der Waals surface area contributed by atoms with Crippen LogP contribution in [0.2, 0.25) is 0 Å². The Kier molecular flexibility index (Phi) is 7.42. The second-order valence-corrected chi connectivity index (χ2v) is 7.07. The summed E-state index contributed by atoms with van der Waals surface area (Å²) in [6.07, 6.45) is 3.03. The SMILES string of the molecule is CCc1nn(C)c(CC(CSC(C)CC)NN)c1Br.